The highest BCUT2D eigenvalue weighted by atomic mass is 19.1. The molecular weight excluding hydrogens is 469 g/mol. The lowest BCUT2D eigenvalue weighted by molar-refractivity contribution is 0.0205. The van der Waals surface area contributed by atoms with Gasteiger partial charge in [0, 0.05) is 41.9 Å². The number of aryl methyl sites for hydroxylation is 1. The van der Waals surface area contributed by atoms with E-state index in [-0.39, 0.29) is 17.1 Å². The zero-order valence-corrected chi connectivity index (χ0v) is 21.0. The number of nitrogens with zero attached hydrogens (tertiary/aromatic N) is 1. The first kappa shape index (κ1) is 24.7. The average molecular weight is 500 g/mol. The van der Waals surface area contributed by atoms with Gasteiger partial charge in [-0.25, -0.2) is 4.39 Å². The molecule has 1 aliphatic heterocycles. The highest BCUT2D eigenvalue weighted by molar-refractivity contribution is 6.06. The fraction of sp³-hybridized carbons (Fsp3) is 0.267. The number of hydrogen-bond acceptors (Lipinski definition) is 3. The molecule has 1 aliphatic rings. The number of halogens is 1. The predicted molar refractivity (Wildman–Crippen MR) is 142 cm³/mol. The molecule has 3 aromatic carbocycles. The molecule has 1 aromatic heterocycles. The Morgan fingerprint density at radius 1 is 1.03 bits per heavy atom. The quantitative estimate of drug-likeness (QED) is 0.343. The Bertz CT molecular complexity index is 1470. The van der Waals surface area contributed by atoms with Crippen molar-refractivity contribution in [3.05, 3.63) is 101 Å². The first-order valence-electron chi connectivity index (χ1n) is 12.5. The number of rotatable bonds is 7. The van der Waals surface area contributed by atoms with Gasteiger partial charge in [0.15, 0.2) is 0 Å². The number of benzene rings is 3. The molecule has 190 valence electrons. The second-order valence-corrected chi connectivity index (χ2v) is 9.93. The third kappa shape index (κ3) is 5.57. The Kier molecular flexibility index (Phi) is 6.80. The number of carbonyl (C=O) groups is 2. The maximum atomic E-state index is 13.6. The lowest BCUT2D eigenvalue weighted by Gasteiger charge is -2.23. The van der Waals surface area contributed by atoms with E-state index in [1.807, 2.05) is 54.8 Å². The molecule has 6 nitrogen and oxygen atoms in total. The number of ether oxygens (including phenoxy) is 1. The van der Waals surface area contributed by atoms with Crippen LogP contribution < -0.4 is 10.6 Å². The van der Waals surface area contributed by atoms with Crippen LogP contribution in [0.25, 0.3) is 10.9 Å². The van der Waals surface area contributed by atoms with Crippen LogP contribution in [0, 0.1) is 12.7 Å². The first-order chi connectivity index (χ1) is 17.8. The Labute approximate surface area is 215 Å². The van der Waals surface area contributed by atoms with Gasteiger partial charge in [0.2, 0.25) is 0 Å². The molecule has 37 heavy (non-hydrogen) atoms. The standard InChI is InChI=1S/C30H30FN3O3/c1-20-6-3-7-21(14-20)18-34-26-11-10-25(33-28(35)22-8-4-9-24(31)15-22)16-23(26)17-27(34)29(36)32-19-30(2)12-5-13-37-30/h3-4,6-11,14-17H,5,12-13,18-19H2,1-2H3,(H,32,36)(H,33,35). The molecule has 5 rings (SSSR count). The van der Waals surface area contributed by atoms with Crippen molar-refractivity contribution in [2.75, 3.05) is 18.5 Å². The summed E-state index contributed by atoms with van der Waals surface area (Å²) in [5, 5.41) is 6.71. The zero-order chi connectivity index (χ0) is 26.0. The topological polar surface area (TPSA) is 72.4 Å². The third-order valence-corrected chi connectivity index (χ3v) is 6.83. The van der Waals surface area contributed by atoms with Crippen LogP contribution in [0.3, 0.4) is 0 Å². The summed E-state index contributed by atoms with van der Waals surface area (Å²) in [7, 11) is 0. The zero-order valence-electron chi connectivity index (χ0n) is 21.0. The SMILES string of the molecule is Cc1cccc(Cn2c(C(=O)NCC3(C)CCCO3)cc3cc(NC(=O)c4cccc(F)c4)ccc32)c1. The predicted octanol–water partition coefficient (Wildman–Crippen LogP) is 5.69. The lowest BCUT2D eigenvalue weighted by atomic mass is 10.0. The summed E-state index contributed by atoms with van der Waals surface area (Å²) < 4.78 is 21.4. The number of carbonyl (C=O) groups excluding carboxylic acids is 2. The van der Waals surface area contributed by atoms with E-state index in [9.17, 15) is 14.0 Å². The number of anilines is 1. The van der Waals surface area contributed by atoms with Gasteiger partial charge in [-0.2, -0.15) is 0 Å². The van der Waals surface area contributed by atoms with E-state index in [1.165, 1.54) is 18.2 Å². The largest absolute Gasteiger partial charge is 0.373 e. The second-order valence-electron chi connectivity index (χ2n) is 9.93. The van der Waals surface area contributed by atoms with E-state index in [4.69, 9.17) is 4.74 Å². The average Bonchev–Trinajstić information content (AvgIpc) is 3.46. The third-order valence-electron chi connectivity index (χ3n) is 6.83. The van der Waals surface area contributed by atoms with E-state index >= 15 is 0 Å². The van der Waals surface area contributed by atoms with E-state index in [2.05, 4.69) is 16.7 Å². The van der Waals surface area contributed by atoms with Crippen LogP contribution in [-0.4, -0.2) is 35.1 Å². The number of hydrogen-bond donors (Lipinski definition) is 2. The molecule has 2 N–H and O–H groups in total. The van der Waals surface area contributed by atoms with Crippen molar-refractivity contribution in [2.24, 2.45) is 0 Å². The molecule has 1 saturated heterocycles. The lowest BCUT2D eigenvalue weighted by Crippen LogP contribution is -2.40. The molecule has 4 aromatic rings. The van der Waals surface area contributed by atoms with Gasteiger partial charge in [0.05, 0.1) is 5.60 Å². The smallest absolute Gasteiger partial charge is 0.268 e. The van der Waals surface area contributed by atoms with Gasteiger partial charge in [-0.05, 0) is 74.7 Å². The van der Waals surface area contributed by atoms with Crippen molar-refractivity contribution in [1.82, 2.24) is 9.88 Å². The van der Waals surface area contributed by atoms with E-state index in [0.29, 0.717) is 31.1 Å². The molecule has 0 bridgehead atoms. The highest BCUT2D eigenvalue weighted by Crippen LogP contribution is 2.27. The van der Waals surface area contributed by atoms with Gasteiger partial charge >= 0.3 is 0 Å². The van der Waals surface area contributed by atoms with Crippen LogP contribution >= 0.6 is 0 Å². The van der Waals surface area contributed by atoms with Crippen molar-refractivity contribution in [3.63, 3.8) is 0 Å². The summed E-state index contributed by atoms with van der Waals surface area (Å²) in [6.45, 7) is 5.74. The number of amides is 2. The minimum absolute atomic E-state index is 0.175. The molecular formula is C30H30FN3O3. The van der Waals surface area contributed by atoms with Crippen LogP contribution in [0.1, 0.15) is 51.7 Å². The Balaban J connectivity index is 1.45. The fourth-order valence-electron chi connectivity index (χ4n) is 4.87. The molecule has 1 atom stereocenters. The van der Waals surface area contributed by atoms with Crippen LogP contribution in [0.15, 0.2) is 72.8 Å². The number of fused-ring (bicyclic) bond motifs is 1. The summed E-state index contributed by atoms with van der Waals surface area (Å²) in [4.78, 5) is 26.0. The van der Waals surface area contributed by atoms with Crippen molar-refractivity contribution >= 4 is 28.4 Å². The van der Waals surface area contributed by atoms with Crippen LogP contribution in [-0.2, 0) is 11.3 Å². The fourth-order valence-corrected chi connectivity index (χ4v) is 4.87. The maximum Gasteiger partial charge on any atom is 0.268 e. The Morgan fingerprint density at radius 3 is 2.62 bits per heavy atom. The van der Waals surface area contributed by atoms with E-state index < -0.39 is 11.7 Å². The van der Waals surface area contributed by atoms with E-state index in [0.717, 1.165) is 34.9 Å². The maximum absolute atomic E-state index is 13.6. The van der Waals surface area contributed by atoms with Gasteiger partial charge in [0.25, 0.3) is 11.8 Å². The van der Waals surface area contributed by atoms with Gasteiger partial charge in [0.1, 0.15) is 11.5 Å². The summed E-state index contributed by atoms with van der Waals surface area (Å²) in [6.07, 6.45) is 1.90. The Morgan fingerprint density at radius 2 is 1.86 bits per heavy atom. The second kappa shape index (κ2) is 10.2. The summed E-state index contributed by atoms with van der Waals surface area (Å²) in [5.74, 6) is -1.05. The van der Waals surface area contributed by atoms with Crippen LogP contribution in [0.2, 0.25) is 0 Å². The highest BCUT2D eigenvalue weighted by Gasteiger charge is 2.30. The molecule has 1 unspecified atom stereocenters. The number of aromatic nitrogens is 1. The summed E-state index contributed by atoms with van der Waals surface area (Å²) in [5.41, 5.74) is 4.09. The summed E-state index contributed by atoms with van der Waals surface area (Å²) >= 11 is 0. The van der Waals surface area contributed by atoms with Crippen molar-refractivity contribution in [2.45, 2.75) is 38.8 Å². The minimum Gasteiger partial charge on any atom is -0.373 e. The molecule has 2 amide bonds. The van der Waals surface area contributed by atoms with E-state index in [1.54, 1.807) is 12.1 Å². The molecule has 1 fully saturated rings. The molecule has 0 spiro atoms. The number of nitrogens with one attached hydrogen (secondary N) is 2. The molecule has 7 heteroatoms. The van der Waals surface area contributed by atoms with Crippen LogP contribution in [0.5, 0.6) is 0 Å². The molecule has 0 aliphatic carbocycles. The first-order valence-corrected chi connectivity index (χ1v) is 12.5. The van der Waals surface area contributed by atoms with Gasteiger partial charge < -0.3 is 19.9 Å². The normalized spacial score (nSPS) is 17.2. The van der Waals surface area contributed by atoms with Crippen molar-refractivity contribution in [3.8, 4) is 0 Å². The van der Waals surface area contributed by atoms with Gasteiger partial charge in [-0.1, -0.05) is 35.9 Å². The molecule has 2 heterocycles. The van der Waals surface area contributed by atoms with Gasteiger partial charge in [-0.3, -0.25) is 9.59 Å². The molecule has 0 radical (unpaired) electrons. The van der Waals surface area contributed by atoms with Crippen LogP contribution in [0.4, 0.5) is 10.1 Å². The summed E-state index contributed by atoms with van der Waals surface area (Å²) in [6, 6.07) is 21.1. The van der Waals surface area contributed by atoms with Crippen molar-refractivity contribution < 1.29 is 18.7 Å². The Hall–Kier alpha value is -3.97. The van der Waals surface area contributed by atoms with Crippen molar-refractivity contribution in [1.29, 1.82) is 0 Å². The molecule has 0 saturated carbocycles. The monoisotopic (exact) mass is 499 g/mol. The minimum atomic E-state index is -0.469. The van der Waals surface area contributed by atoms with Gasteiger partial charge in [-0.15, -0.1) is 0 Å².